The first kappa shape index (κ1) is 11.3. The van der Waals surface area contributed by atoms with Crippen LogP contribution in [0.3, 0.4) is 0 Å². The number of nitrogens with zero attached hydrogens (tertiary/aromatic N) is 2. The maximum atomic E-state index is 10.8. The van der Waals surface area contributed by atoms with Crippen LogP contribution in [0.4, 0.5) is 11.4 Å². The van der Waals surface area contributed by atoms with E-state index in [2.05, 4.69) is 0 Å². The zero-order valence-corrected chi connectivity index (χ0v) is 8.87. The second-order valence-corrected chi connectivity index (χ2v) is 3.89. The highest BCUT2D eigenvalue weighted by Crippen LogP contribution is 2.37. The van der Waals surface area contributed by atoms with Crippen molar-refractivity contribution in [1.82, 2.24) is 0 Å². The van der Waals surface area contributed by atoms with Crippen LogP contribution in [0.1, 0.15) is 12.8 Å². The van der Waals surface area contributed by atoms with E-state index in [1.165, 1.54) is 12.1 Å². The maximum absolute atomic E-state index is 10.8. The highest BCUT2D eigenvalue weighted by molar-refractivity contribution is 5.61. The Morgan fingerprint density at radius 1 is 1.24 bits per heavy atom. The summed E-state index contributed by atoms with van der Waals surface area (Å²) in [5.41, 5.74) is -1.11. The molecule has 0 heterocycles. The van der Waals surface area contributed by atoms with Crippen LogP contribution in [-0.2, 0) is 0 Å². The zero-order valence-electron chi connectivity index (χ0n) is 8.87. The Morgan fingerprint density at radius 2 is 1.94 bits per heavy atom. The molecule has 0 radical (unpaired) electrons. The minimum atomic E-state index is -0.777. The summed E-state index contributed by atoms with van der Waals surface area (Å²) in [5, 5.41) is 21.5. The molecule has 1 saturated carbocycles. The summed E-state index contributed by atoms with van der Waals surface area (Å²) in [6.45, 7) is 0.377. The van der Waals surface area contributed by atoms with Crippen LogP contribution in [0.5, 0.6) is 5.75 Å². The second-order valence-electron chi connectivity index (χ2n) is 3.89. The number of para-hydroxylation sites is 1. The van der Waals surface area contributed by atoms with Gasteiger partial charge in [-0.1, -0.05) is 6.07 Å². The summed E-state index contributed by atoms with van der Waals surface area (Å²) in [4.78, 5) is 19.9. The lowest BCUT2D eigenvalue weighted by Gasteiger charge is -2.05. The number of benzene rings is 1. The van der Waals surface area contributed by atoms with Gasteiger partial charge >= 0.3 is 11.4 Å². The van der Waals surface area contributed by atoms with Crippen molar-refractivity contribution < 1.29 is 14.6 Å². The third-order valence-electron chi connectivity index (χ3n) is 2.53. The molecule has 0 amide bonds. The summed E-state index contributed by atoms with van der Waals surface area (Å²) >= 11 is 0. The first-order chi connectivity index (χ1) is 8.09. The van der Waals surface area contributed by atoms with Crippen molar-refractivity contribution in [1.29, 1.82) is 0 Å². The second kappa shape index (κ2) is 4.36. The molecule has 1 aromatic carbocycles. The molecule has 0 aromatic heterocycles. The lowest BCUT2D eigenvalue weighted by Crippen LogP contribution is -2.04. The zero-order chi connectivity index (χ0) is 12.4. The summed E-state index contributed by atoms with van der Waals surface area (Å²) in [6, 6.07) is 3.86. The Morgan fingerprint density at radius 3 is 2.47 bits per heavy atom. The van der Waals surface area contributed by atoms with Gasteiger partial charge in [-0.2, -0.15) is 0 Å². The highest BCUT2D eigenvalue weighted by Gasteiger charge is 2.30. The Kier molecular flexibility index (Phi) is 2.90. The van der Waals surface area contributed by atoms with Crippen LogP contribution >= 0.6 is 0 Å². The lowest BCUT2D eigenvalue weighted by molar-refractivity contribution is -0.423. The molecule has 1 fully saturated rings. The van der Waals surface area contributed by atoms with E-state index < -0.39 is 21.2 Å². The number of ether oxygens (including phenoxy) is 1. The van der Waals surface area contributed by atoms with Crippen molar-refractivity contribution in [2.45, 2.75) is 12.8 Å². The van der Waals surface area contributed by atoms with Gasteiger partial charge < -0.3 is 4.74 Å². The molecule has 90 valence electrons. The smallest absolute Gasteiger partial charge is 0.387 e. The predicted molar refractivity (Wildman–Crippen MR) is 58.0 cm³/mol. The van der Waals surface area contributed by atoms with E-state index in [1.54, 1.807) is 0 Å². The third kappa shape index (κ3) is 2.49. The molecule has 0 spiro atoms. The van der Waals surface area contributed by atoms with Crippen LogP contribution in [0.2, 0.25) is 0 Å². The van der Waals surface area contributed by atoms with Crippen molar-refractivity contribution in [2.24, 2.45) is 5.92 Å². The number of nitro benzene ring substituents is 2. The summed E-state index contributed by atoms with van der Waals surface area (Å²) in [6.07, 6.45) is 2.09. The fourth-order valence-corrected chi connectivity index (χ4v) is 1.45. The van der Waals surface area contributed by atoms with Crippen molar-refractivity contribution in [2.75, 3.05) is 6.61 Å². The molecule has 0 N–H and O–H groups in total. The summed E-state index contributed by atoms with van der Waals surface area (Å²) in [7, 11) is 0. The average molecular weight is 238 g/mol. The first-order valence-electron chi connectivity index (χ1n) is 5.14. The van der Waals surface area contributed by atoms with Crippen LogP contribution in [0, 0.1) is 26.1 Å². The largest absolute Gasteiger partial charge is 0.486 e. The molecular formula is C10H10N2O5. The average Bonchev–Trinajstić information content (AvgIpc) is 3.09. The predicted octanol–water partition coefficient (Wildman–Crippen LogP) is 2.29. The summed E-state index contributed by atoms with van der Waals surface area (Å²) < 4.78 is 5.27. The van der Waals surface area contributed by atoms with Gasteiger partial charge in [0.25, 0.3) is 0 Å². The quantitative estimate of drug-likeness (QED) is 0.579. The van der Waals surface area contributed by atoms with Crippen LogP contribution < -0.4 is 4.74 Å². The molecule has 1 aliphatic carbocycles. The monoisotopic (exact) mass is 238 g/mol. The van der Waals surface area contributed by atoms with E-state index in [0.29, 0.717) is 12.5 Å². The lowest BCUT2D eigenvalue weighted by atomic mass is 10.2. The van der Waals surface area contributed by atoms with Gasteiger partial charge in [0.1, 0.15) is 0 Å². The third-order valence-corrected chi connectivity index (χ3v) is 2.53. The Labute approximate surface area is 96.3 Å². The molecule has 1 aromatic rings. The fraction of sp³-hybridized carbons (Fsp3) is 0.400. The van der Waals surface area contributed by atoms with Crippen molar-refractivity contribution in [3.8, 4) is 5.75 Å². The van der Waals surface area contributed by atoms with E-state index in [1.807, 2.05) is 0 Å². The van der Waals surface area contributed by atoms with Gasteiger partial charge in [0.2, 0.25) is 5.75 Å². The number of nitro groups is 2. The maximum Gasteiger partial charge on any atom is 0.387 e. The molecule has 1 aliphatic rings. The van der Waals surface area contributed by atoms with Crippen molar-refractivity contribution in [3.63, 3.8) is 0 Å². The van der Waals surface area contributed by atoms with E-state index in [0.717, 1.165) is 18.9 Å². The number of rotatable bonds is 5. The molecule has 0 aliphatic heterocycles. The van der Waals surface area contributed by atoms with Crippen molar-refractivity contribution >= 4 is 11.4 Å². The molecule has 2 rings (SSSR count). The number of hydrogen-bond donors (Lipinski definition) is 0. The van der Waals surface area contributed by atoms with E-state index >= 15 is 0 Å². The Hall–Kier alpha value is -2.18. The van der Waals surface area contributed by atoms with E-state index in [-0.39, 0.29) is 5.75 Å². The molecule has 7 heteroatoms. The van der Waals surface area contributed by atoms with Gasteiger partial charge in [-0.15, -0.1) is 0 Å². The normalized spacial score (nSPS) is 14.4. The van der Waals surface area contributed by atoms with Crippen molar-refractivity contribution in [3.05, 3.63) is 38.4 Å². The van der Waals surface area contributed by atoms with Gasteiger partial charge in [-0.25, -0.2) is 0 Å². The molecule has 17 heavy (non-hydrogen) atoms. The molecule has 0 atom stereocenters. The Bertz CT molecular complexity index is 470. The molecule has 7 nitrogen and oxygen atoms in total. The van der Waals surface area contributed by atoms with E-state index in [9.17, 15) is 20.2 Å². The van der Waals surface area contributed by atoms with Gasteiger partial charge in [-0.05, 0) is 24.8 Å². The molecule has 0 bridgehead atoms. The Balaban J connectivity index is 2.31. The standard InChI is InChI=1S/C10H10N2O5/c13-11(14)8-2-1-3-9(10(8)12(15)16)17-6-7-4-5-7/h1-3,7H,4-6H2. The SMILES string of the molecule is O=[N+]([O-])c1cccc(OCC2CC2)c1[N+](=O)[O-]. The topological polar surface area (TPSA) is 95.5 Å². The first-order valence-corrected chi connectivity index (χ1v) is 5.14. The highest BCUT2D eigenvalue weighted by atomic mass is 16.6. The van der Waals surface area contributed by atoms with Crippen LogP contribution in [0.15, 0.2) is 18.2 Å². The molecule has 0 saturated heterocycles. The van der Waals surface area contributed by atoms with Gasteiger partial charge in [0, 0.05) is 6.07 Å². The van der Waals surface area contributed by atoms with Gasteiger partial charge in [0.05, 0.1) is 16.5 Å². The summed E-state index contributed by atoms with van der Waals surface area (Å²) in [5.74, 6) is 0.393. The van der Waals surface area contributed by atoms with Gasteiger partial charge in [0.15, 0.2) is 0 Å². The molecular weight excluding hydrogens is 228 g/mol. The van der Waals surface area contributed by atoms with E-state index in [4.69, 9.17) is 4.74 Å². The minimum absolute atomic E-state index is 0.0314. The van der Waals surface area contributed by atoms with Gasteiger partial charge in [-0.3, -0.25) is 20.2 Å². The van der Waals surface area contributed by atoms with Crippen LogP contribution in [0.25, 0.3) is 0 Å². The fourth-order valence-electron chi connectivity index (χ4n) is 1.45. The van der Waals surface area contributed by atoms with Crippen LogP contribution in [-0.4, -0.2) is 16.5 Å². The number of hydrogen-bond acceptors (Lipinski definition) is 5. The molecule has 0 unspecified atom stereocenters. The minimum Gasteiger partial charge on any atom is -0.486 e.